The summed E-state index contributed by atoms with van der Waals surface area (Å²) in [5.74, 6) is -0.409. The molecule has 0 fully saturated rings. The minimum absolute atomic E-state index is 0.0744. The Hall–Kier alpha value is -2.39. The van der Waals surface area contributed by atoms with Crippen LogP contribution in [0.5, 0.6) is 0 Å². The number of hydrogen-bond donors (Lipinski definition) is 1. The summed E-state index contributed by atoms with van der Waals surface area (Å²) < 4.78 is 25.6. The number of ether oxygens (including phenoxy) is 5. The van der Waals surface area contributed by atoms with Gasteiger partial charge in [-0.05, 0) is 25.2 Å². The van der Waals surface area contributed by atoms with Crippen LogP contribution in [0.1, 0.15) is 34.1 Å². The first-order valence-corrected chi connectivity index (χ1v) is 10.4. The van der Waals surface area contributed by atoms with Crippen molar-refractivity contribution in [2.45, 2.75) is 34.1 Å². The molecule has 0 aliphatic rings. The molecule has 0 saturated heterocycles. The Balaban J connectivity index is 3.60. The third kappa shape index (κ3) is 19.3. The average Bonchev–Trinajstić information content (AvgIpc) is 2.71. The van der Waals surface area contributed by atoms with Gasteiger partial charge in [0, 0.05) is 18.3 Å². The molecule has 1 N–H and O–H groups in total. The van der Waals surface area contributed by atoms with Crippen LogP contribution in [-0.2, 0) is 33.3 Å². The fraction of sp³-hybridized carbons (Fsp3) is 0.682. The highest BCUT2D eigenvalue weighted by molar-refractivity contribution is 5.86. The van der Waals surface area contributed by atoms with Crippen molar-refractivity contribution in [3.63, 3.8) is 0 Å². The van der Waals surface area contributed by atoms with E-state index >= 15 is 0 Å². The lowest BCUT2D eigenvalue weighted by Gasteiger charge is -2.10. The van der Waals surface area contributed by atoms with Crippen molar-refractivity contribution < 1.29 is 38.1 Å². The van der Waals surface area contributed by atoms with E-state index < -0.39 is 18.0 Å². The Morgan fingerprint density at radius 2 is 1.58 bits per heavy atom. The van der Waals surface area contributed by atoms with Crippen LogP contribution in [0.4, 0.5) is 4.79 Å². The predicted octanol–water partition coefficient (Wildman–Crippen LogP) is 2.65. The zero-order valence-electron chi connectivity index (χ0n) is 19.1. The monoisotopic (exact) mass is 443 g/mol. The van der Waals surface area contributed by atoms with E-state index in [1.165, 1.54) is 6.08 Å². The van der Waals surface area contributed by atoms with Gasteiger partial charge < -0.3 is 29.0 Å². The van der Waals surface area contributed by atoms with Gasteiger partial charge in [-0.2, -0.15) is 0 Å². The van der Waals surface area contributed by atoms with Crippen LogP contribution in [0.15, 0.2) is 24.3 Å². The summed E-state index contributed by atoms with van der Waals surface area (Å²) in [6.07, 6.45) is 3.23. The largest absolute Gasteiger partial charge is 0.461 e. The first-order valence-electron chi connectivity index (χ1n) is 10.4. The molecular weight excluding hydrogens is 406 g/mol. The summed E-state index contributed by atoms with van der Waals surface area (Å²) in [5.41, 5.74) is 0.357. The minimum atomic E-state index is -0.522. The predicted molar refractivity (Wildman–Crippen MR) is 115 cm³/mol. The molecule has 0 bridgehead atoms. The van der Waals surface area contributed by atoms with E-state index in [4.69, 9.17) is 23.7 Å². The Labute approximate surface area is 185 Å². The second kappa shape index (κ2) is 18.4. The van der Waals surface area contributed by atoms with Crippen molar-refractivity contribution in [3.8, 4) is 0 Å². The number of rotatable bonds is 17. The maximum Gasteiger partial charge on any atom is 0.407 e. The molecule has 0 aliphatic carbocycles. The highest BCUT2D eigenvalue weighted by Gasteiger charge is 2.05. The molecule has 9 nitrogen and oxygen atoms in total. The van der Waals surface area contributed by atoms with E-state index in [1.54, 1.807) is 13.0 Å². The summed E-state index contributed by atoms with van der Waals surface area (Å²) in [5, 5.41) is 2.51. The van der Waals surface area contributed by atoms with E-state index in [9.17, 15) is 14.4 Å². The number of nitrogens with one attached hydrogen (secondary N) is 1. The summed E-state index contributed by atoms with van der Waals surface area (Å²) in [6, 6.07) is 0. The van der Waals surface area contributed by atoms with Gasteiger partial charge in [-0.25, -0.2) is 14.4 Å². The Kier molecular flexibility index (Phi) is 17.0. The summed E-state index contributed by atoms with van der Waals surface area (Å²) >= 11 is 0. The Morgan fingerprint density at radius 3 is 2.26 bits per heavy atom. The van der Waals surface area contributed by atoms with Gasteiger partial charge in [-0.3, -0.25) is 0 Å². The maximum atomic E-state index is 11.6. The van der Waals surface area contributed by atoms with Crippen LogP contribution >= 0.6 is 0 Å². The van der Waals surface area contributed by atoms with Crippen molar-refractivity contribution in [2.24, 2.45) is 11.8 Å². The zero-order valence-corrected chi connectivity index (χ0v) is 19.1. The molecule has 0 aromatic rings. The lowest BCUT2D eigenvalue weighted by molar-refractivity contribution is -0.140. The first-order chi connectivity index (χ1) is 14.7. The molecule has 0 spiro atoms. The number of carbonyl (C=O) groups is 3. The molecule has 1 unspecified atom stereocenters. The lowest BCUT2D eigenvalue weighted by atomic mass is 10.1. The molecule has 0 saturated carbocycles. The second-order valence-electron chi connectivity index (χ2n) is 7.43. The molecule has 1 amide bonds. The smallest absolute Gasteiger partial charge is 0.407 e. The summed E-state index contributed by atoms with van der Waals surface area (Å²) in [7, 11) is 0. The van der Waals surface area contributed by atoms with E-state index in [-0.39, 0.29) is 31.6 Å². The third-order valence-electron chi connectivity index (χ3n) is 3.54. The molecular formula is C22H37NO8. The fourth-order valence-electron chi connectivity index (χ4n) is 1.93. The normalized spacial score (nSPS) is 11.9. The van der Waals surface area contributed by atoms with Crippen LogP contribution in [-0.4, -0.2) is 70.8 Å². The highest BCUT2D eigenvalue weighted by atomic mass is 16.6. The van der Waals surface area contributed by atoms with Crippen LogP contribution in [0, 0.1) is 11.8 Å². The standard InChI is InChI=1S/C22H37NO8/c1-17(2)15-31-22(26)23-9-10-29-20(24)8-6-7-19(5)16-28-12-11-27-13-14-30-21(25)18(3)4/h6,8,17,19H,3,7,9-16H2,1-2,4-5H3,(H,23,26)/b8-6+. The van der Waals surface area contributed by atoms with Crippen LogP contribution in [0.25, 0.3) is 0 Å². The van der Waals surface area contributed by atoms with Gasteiger partial charge in [0.05, 0.1) is 33.0 Å². The quantitative estimate of drug-likeness (QED) is 0.158. The fourth-order valence-corrected chi connectivity index (χ4v) is 1.93. The summed E-state index contributed by atoms with van der Waals surface area (Å²) in [4.78, 5) is 34.1. The topological polar surface area (TPSA) is 109 Å². The molecule has 31 heavy (non-hydrogen) atoms. The Bertz CT molecular complexity index is 574. The van der Waals surface area contributed by atoms with Crippen molar-refractivity contribution in [3.05, 3.63) is 24.3 Å². The molecule has 0 aromatic heterocycles. The molecule has 178 valence electrons. The summed E-state index contributed by atoms with van der Waals surface area (Å²) in [6.45, 7) is 13.4. The van der Waals surface area contributed by atoms with Crippen molar-refractivity contribution in [2.75, 3.05) is 52.8 Å². The molecule has 0 rings (SSSR count). The number of esters is 2. The number of allylic oxidation sites excluding steroid dienone is 1. The maximum absolute atomic E-state index is 11.6. The Morgan fingerprint density at radius 1 is 0.903 bits per heavy atom. The highest BCUT2D eigenvalue weighted by Crippen LogP contribution is 2.03. The zero-order chi connectivity index (χ0) is 23.5. The van der Waals surface area contributed by atoms with Gasteiger partial charge in [0.1, 0.15) is 13.2 Å². The lowest BCUT2D eigenvalue weighted by Crippen LogP contribution is -2.29. The van der Waals surface area contributed by atoms with Crippen molar-refractivity contribution in [1.29, 1.82) is 0 Å². The van der Waals surface area contributed by atoms with E-state index in [0.717, 1.165) is 0 Å². The molecule has 0 aromatic carbocycles. The second-order valence-corrected chi connectivity index (χ2v) is 7.43. The first kappa shape index (κ1) is 28.6. The van der Waals surface area contributed by atoms with E-state index in [2.05, 4.69) is 11.9 Å². The van der Waals surface area contributed by atoms with Gasteiger partial charge in [0.2, 0.25) is 0 Å². The molecule has 0 aliphatic heterocycles. The molecule has 9 heteroatoms. The van der Waals surface area contributed by atoms with E-state index in [1.807, 2.05) is 20.8 Å². The van der Waals surface area contributed by atoms with Crippen molar-refractivity contribution in [1.82, 2.24) is 5.32 Å². The van der Waals surface area contributed by atoms with Gasteiger partial charge in [0.15, 0.2) is 0 Å². The number of amides is 1. The third-order valence-corrected chi connectivity index (χ3v) is 3.54. The number of alkyl carbamates (subject to hydrolysis) is 1. The van der Waals surface area contributed by atoms with Gasteiger partial charge >= 0.3 is 18.0 Å². The number of carbonyl (C=O) groups excluding carboxylic acids is 3. The van der Waals surface area contributed by atoms with E-state index in [0.29, 0.717) is 45.0 Å². The van der Waals surface area contributed by atoms with Crippen LogP contribution in [0.2, 0.25) is 0 Å². The molecule has 0 heterocycles. The average molecular weight is 444 g/mol. The van der Waals surface area contributed by atoms with Gasteiger partial charge in [-0.1, -0.05) is 33.4 Å². The van der Waals surface area contributed by atoms with Crippen LogP contribution in [0.3, 0.4) is 0 Å². The van der Waals surface area contributed by atoms with Crippen LogP contribution < -0.4 is 5.32 Å². The van der Waals surface area contributed by atoms with Gasteiger partial charge in [0.25, 0.3) is 0 Å². The molecule has 1 atom stereocenters. The van der Waals surface area contributed by atoms with Gasteiger partial charge in [-0.15, -0.1) is 0 Å². The molecule has 0 radical (unpaired) electrons. The number of hydrogen-bond acceptors (Lipinski definition) is 8. The minimum Gasteiger partial charge on any atom is -0.461 e. The van der Waals surface area contributed by atoms with Crippen molar-refractivity contribution >= 4 is 18.0 Å². The SMILES string of the molecule is C=C(C)C(=O)OCCOCCOCC(C)C/C=C/C(=O)OCCNC(=O)OCC(C)C.